The highest BCUT2D eigenvalue weighted by atomic mass is 16.5. The molecule has 0 atom stereocenters. The van der Waals surface area contributed by atoms with E-state index in [-0.39, 0.29) is 6.61 Å². The lowest BCUT2D eigenvalue weighted by atomic mass is 10.0. The predicted octanol–water partition coefficient (Wildman–Crippen LogP) is 7.79. The number of nitrogens with zero attached hydrogens (tertiary/aromatic N) is 3. The number of rotatable bonds is 4. The van der Waals surface area contributed by atoms with E-state index in [1.54, 1.807) is 12.1 Å². The summed E-state index contributed by atoms with van der Waals surface area (Å²) in [7, 11) is 0. The highest BCUT2D eigenvalue weighted by molar-refractivity contribution is 5.77. The number of carboxylic acids is 1. The maximum absolute atomic E-state index is 10.4. The molecule has 8 nitrogen and oxygen atoms in total. The molecule has 44 heavy (non-hydrogen) atoms. The van der Waals surface area contributed by atoms with Gasteiger partial charge in [-0.05, 0) is 135 Å². The smallest absolute Gasteiger partial charge is 0.341 e. The van der Waals surface area contributed by atoms with Crippen LogP contribution in [0.5, 0.6) is 5.75 Å². The summed E-state index contributed by atoms with van der Waals surface area (Å²) in [5.41, 5.74) is 13.4. The number of ether oxygens (including phenoxy) is 1. The Morgan fingerprint density at radius 2 is 1.14 bits per heavy atom. The molecule has 0 saturated carbocycles. The van der Waals surface area contributed by atoms with E-state index in [0.717, 1.165) is 61.7 Å². The molecule has 0 spiro atoms. The Balaban J connectivity index is 0.000000159. The summed E-state index contributed by atoms with van der Waals surface area (Å²) >= 11 is 0. The van der Waals surface area contributed by atoms with Crippen LogP contribution in [0.25, 0.3) is 57.6 Å². The Labute approximate surface area is 254 Å². The van der Waals surface area contributed by atoms with Crippen molar-refractivity contribution in [3.63, 3.8) is 0 Å². The van der Waals surface area contributed by atoms with Gasteiger partial charge in [-0.15, -0.1) is 0 Å². The van der Waals surface area contributed by atoms with Crippen LogP contribution in [0.1, 0.15) is 39.5 Å². The standard InChI is InChI=1S/C20H14N4.C16H17NO3/c1-2-14-10-16-5-6-18(23-16)12-20-8-7-19(24-20)11-17-4-3-15(22-17)9-13(1)21-14;1-10-8-17-16(12(3)11(10)2)13-4-6-14(7-5-13)20-9-15(18)19/h1-12,21,24H;4-8H,9H2,1-3H3,(H,18,19). The molecule has 2 aliphatic heterocycles. The molecule has 8 bridgehead atoms. The van der Waals surface area contributed by atoms with E-state index in [9.17, 15) is 4.79 Å². The molecular weight excluding hydrogens is 550 g/mol. The van der Waals surface area contributed by atoms with Gasteiger partial charge in [0, 0.05) is 33.8 Å². The van der Waals surface area contributed by atoms with Crippen molar-refractivity contribution in [1.82, 2.24) is 24.9 Å². The third kappa shape index (κ3) is 6.65. The molecule has 3 N–H and O–H groups in total. The van der Waals surface area contributed by atoms with E-state index in [1.165, 1.54) is 11.1 Å². The van der Waals surface area contributed by atoms with Crippen LogP contribution in [-0.4, -0.2) is 42.6 Å². The number of aromatic amines is 2. The van der Waals surface area contributed by atoms with Crippen LogP contribution in [0.15, 0.2) is 79.0 Å². The number of aryl methyl sites for hydroxylation is 1. The van der Waals surface area contributed by atoms with Gasteiger partial charge >= 0.3 is 5.97 Å². The van der Waals surface area contributed by atoms with Crippen molar-refractivity contribution in [1.29, 1.82) is 0 Å². The number of carbonyl (C=O) groups is 1. The van der Waals surface area contributed by atoms with Gasteiger partial charge in [-0.3, -0.25) is 4.98 Å². The van der Waals surface area contributed by atoms with Crippen LogP contribution in [-0.2, 0) is 4.79 Å². The van der Waals surface area contributed by atoms with Crippen molar-refractivity contribution in [2.75, 3.05) is 6.61 Å². The fourth-order valence-corrected chi connectivity index (χ4v) is 4.92. The second-order valence-corrected chi connectivity index (χ2v) is 10.7. The fraction of sp³-hybridized carbons (Fsp3) is 0.111. The molecule has 4 aromatic heterocycles. The van der Waals surface area contributed by atoms with Gasteiger partial charge in [0.25, 0.3) is 0 Å². The maximum atomic E-state index is 10.4. The summed E-state index contributed by atoms with van der Waals surface area (Å²) in [6.45, 7) is 5.85. The maximum Gasteiger partial charge on any atom is 0.341 e. The summed E-state index contributed by atoms with van der Waals surface area (Å²) in [5, 5.41) is 8.57. The Bertz CT molecular complexity index is 1910. The number of aromatic nitrogens is 5. The molecule has 0 saturated heterocycles. The summed E-state index contributed by atoms with van der Waals surface area (Å²) in [6, 6.07) is 23.7. The summed E-state index contributed by atoms with van der Waals surface area (Å²) in [4.78, 5) is 30.9. The zero-order valence-electron chi connectivity index (χ0n) is 24.6. The highest BCUT2D eigenvalue weighted by Gasteiger charge is 2.08. The first-order chi connectivity index (χ1) is 21.3. The van der Waals surface area contributed by atoms with Crippen LogP contribution in [0.2, 0.25) is 0 Å². The molecule has 7 rings (SSSR count). The first-order valence-corrected chi connectivity index (χ1v) is 14.2. The molecule has 2 aliphatic rings. The van der Waals surface area contributed by atoms with Crippen LogP contribution in [0.3, 0.4) is 0 Å². The van der Waals surface area contributed by atoms with Gasteiger partial charge < -0.3 is 19.8 Å². The average molecular weight is 582 g/mol. The Morgan fingerprint density at radius 3 is 1.57 bits per heavy atom. The number of fused-ring (bicyclic) bond motifs is 8. The molecular formula is C36H31N5O3. The molecule has 0 unspecified atom stereocenters. The second kappa shape index (κ2) is 12.2. The van der Waals surface area contributed by atoms with Crippen LogP contribution in [0, 0.1) is 20.8 Å². The molecule has 0 amide bonds. The van der Waals surface area contributed by atoms with Gasteiger partial charge in [-0.1, -0.05) is 0 Å². The van der Waals surface area contributed by atoms with Gasteiger partial charge in [0.2, 0.25) is 0 Å². The third-order valence-corrected chi connectivity index (χ3v) is 7.43. The van der Waals surface area contributed by atoms with Crippen LogP contribution >= 0.6 is 0 Å². The Kier molecular flexibility index (Phi) is 7.88. The van der Waals surface area contributed by atoms with Crippen LogP contribution < -0.4 is 4.74 Å². The number of hydrogen-bond acceptors (Lipinski definition) is 5. The van der Waals surface area contributed by atoms with E-state index < -0.39 is 5.97 Å². The number of nitrogens with one attached hydrogen (secondary N) is 2. The van der Waals surface area contributed by atoms with Crippen molar-refractivity contribution in [3.05, 3.63) is 118 Å². The lowest BCUT2D eigenvalue weighted by Crippen LogP contribution is -2.09. The van der Waals surface area contributed by atoms with Crippen molar-refractivity contribution >= 4 is 52.3 Å². The molecule has 0 fully saturated rings. The summed E-state index contributed by atoms with van der Waals surface area (Å²) in [6.07, 6.45) is 9.96. The number of hydrogen-bond donors (Lipinski definition) is 3. The number of aliphatic carboxylic acids is 1. The van der Waals surface area contributed by atoms with Crippen LogP contribution in [0.4, 0.5) is 0 Å². The highest BCUT2D eigenvalue weighted by Crippen LogP contribution is 2.26. The van der Waals surface area contributed by atoms with Crippen molar-refractivity contribution in [2.24, 2.45) is 0 Å². The van der Waals surface area contributed by atoms with Crippen molar-refractivity contribution in [3.8, 4) is 17.0 Å². The quantitative estimate of drug-likeness (QED) is 0.195. The summed E-state index contributed by atoms with van der Waals surface area (Å²) < 4.78 is 5.11. The molecule has 1 aromatic carbocycles. The van der Waals surface area contributed by atoms with E-state index in [0.29, 0.717) is 5.75 Å². The zero-order valence-corrected chi connectivity index (χ0v) is 24.6. The first-order valence-electron chi connectivity index (χ1n) is 14.2. The number of pyridine rings is 1. The Morgan fingerprint density at radius 1 is 0.682 bits per heavy atom. The lowest BCUT2D eigenvalue weighted by molar-refractivity contribution is -0.139. The van der Waals surface area contributed by atoms with E-state index >= 15 is 0 Å². The van der Waals surface area contributed by atoms with Gasteiger partial charge in [0.1, 0.15) is 5.75 Å². The van der Waals surface area contributed by atoms with E-state index in [2.05, 4.69) is 63.0 Å². The zero-order chi connectivity index (χ0) is 30.6. The molecule has 5 aromatic rings. The Hall–Kier alpha value is -5.76. The molecule has 0 aliphatic carbocycles. The largest absolute Gasteiger partial charge is 0.482 e. The topological polar surface area (TPSA) is 117 Å². The lowest BCUT2D eigenvalue weighted by Gasteiger charge is -2.11. The van der Waals surface area contributed by atoms with Gasteiger partial charge in [-0.2, -0.15) is 0 Å². The molecule has 8 heteroatoms. The van der Waals surface area contributed by atoms with E-state index in [4.69, 9.17) is 9.84 Å². The molecule has 218 valence electrons. The SMILES string of the molecule is C1=Cc2cc3ccc(cc4nc(cc5ccc(cc1n2)[nH]5)C=C4)[nH]3.Cc1cnc(-c2ccc(OCC(=O)O)cc2)c(C)c1C. The van der Waals surface area contributed by atoms with Gasteiger partial charge in [0.05, 0.1) is 28.5 Å². The number of benzene rings is 1. The monoisotopic (exact) mass is 581 g/mol. The van der Waals surface area contributed by atoms with Crippen molar-refractivity contribution in [2.45, 2.75) is 20.8 Å². The predicted molar refractivity (Wildman–Crippen MR) is 176 cm³/mol. The minimum atomic E-state index is -0.985. The molecule has 0 radical (unpaired) electrons. The van der Waals surface area contributed by atoms with Gasteiger partial charge in [0.15, 0.2) is 6.61 Å². The third-order valence-electron chi connectivity index (χ3n) is 7.43. The van der Waals surface area contributed by atoms with Crippen molar-refractivity contribution < 1.29 is 14.6 Å². The minimum Gasteiger partial charge on any atom is -0.482 e. The number of carboxylic acid groups (broad SMARTS) is 1. The fourth-order valence-electron chi connectivity index (χ4n) is 4.92. The minimum absolute atomic E-state index is 0.333. The number of H-pyrrole nitrogens is 2. The first kappa shape index (κ1) is 28.4. The van der Waals surface area contributed by atoms with E-state index in [1.807, 2.05) is 73.8 Å². The second-order valence-electron chi connectivity index (χ2n) is 10.7. The average Bonchev–Trinajstić information content (AvgIpc) is 3.82. The normalized spacial score (nSPS) is 11.6. The van der Waals surface area contributed by atoms with Gasteiger partial charge in [-0.25, -0.2) is 14.8 Å². The summed E-state index contributed by atoms with van der Waals surface area (Å²) in [5.74, 6) is -0.446. The molecule has 6 heterocycles.